The predicted octanol–water partition coefficient (Wildman–Crippen LogP) is 1.42. The van der Waals surface area contributed by atoms with Crippen molar-refractivity contribution in [1.82, 2.24) is 4.90 Å². The fraction of sp³-hybridized carbons (Fsp3) is 1.00. The molecule has 1 aliphatic heterocycles. The Labute approximate surface area is 110 Å². The minimum atomic E-state index is -0.401. The summed E-state index contributed by atoms with van der Waals surface area (Å²) in [7, 11) is 3.66. The van der Waals surface area contributed by atoms with E-state index in [1.807, 2.05) is 7.05 Å². The number of aliphatic hydroxyl groups excluding tert-OH is 1. The first kappa shape index (κ1) is 14.3. The van der Waals surface area contributed by atoms with Crippen LogP contribution in [0.2, 0.25) is 0 Å². The first-order chi connectivity index (χ1) is 8.63. The zero-order chi connectivity index (χ0) is 13.0. The molecule has 0 aromatic rings. The zero-order valence-corrected chi connectivity index (χ0v) is 11.7. The maximum atomic E-state index is 9.69. The van der Waals surface area contributed by atoms with Gasteiger partial charge in [-0.05, 0) is 32.7 Å². The Morgan fingerprint density at radius 2 is 2.11 bits per heavy atom. The molecule has 2 atom stereocenters. The van der Waals surface area contributed by atoms with E-state index < -0.39 is 6.10 Å². The minimum Gasteiger partial charge on any atom is -0.389 e. The van der Waals surface area contributed by atoms with Crippen LogP contribution >= 0.6 is 0 Å². The van der Waals surface area contributed by atoms with Gasteiger partial charge in [-0.3, -0.25) is 0 Å². The highest BCUT2D eigenvalue weighted by Gasteiger charge is 2.42. The van der Waals surface area contributed by atoms with Crippen LogP contribution in [0.25, 0.3) is 0 Å². The average Bonchev–Trinajstić information content (AvgIpc) is 2.90. The lowest BCUT2D eigenvalue weighted by Gasteiger charge is -2.27. The second-order valence-electron chi connectivity index (χ2n) is 6.00. The molecule has 1 heterocycles. The molecule has 0 aromatic heterocycles. The van der Waals surface area contributed by atoms with Gasteiger partial charge in [-0.1, -0.05) is 12.8 Å². The van der Waals surface area contributed by atoms with E-state index in [1.165, 1.54) is 38.5 Å². The van der Waals surface area contributed by atoms with Crippen molar-refractivity contribution in [3.63, 3.8) is 0 Å². The van der Waals surface area contributed by atoms with Crippen LogP contribution in [-0.2, 0) is 9.47 Å². The van der Waals surface area contributed by atoms with Crippen LogP contribution in [0.1, 0.15) is 38.5 Å². The number of rotatable bonds is 6. The number of aliphatic hydroxyl groups is 1. The second kappa shape index (κ2) is 6.33. The molecule has 1 aliphatic carbocycles. The molecular weight excluding hydrogens is 230 g/mol. The molecule has 1 saturated carbocycles. The molecule has 0 bridgehead atoms. The summed E-state index contributed by atoms with van der Waals surface area (Å²) < 4.78 is 11.2. The van der Waals surface area contributed by atoms with E-state index in [-0.39, 0.29) is 5.60 Å². The van der Waals surface area contributed by atoms with Gasteiger partial charge in [0.15, 0.2) is 0 Å². The molecular formula is C14H27NO3. The molecule has 106 valence electrons. The van der Waals surface area contributed by atoms with Gasteiger partial charge in [-0.2, -0.15) is 0 Å². The van der Waals surface area contributed by atoms with Gasteiger partial charge in [0.2, 0.25) is 0 Å². The molecule has 1 saturated heterocycles. The van der Waals surface area contributed by atoms with E-state index >= 15 is 0 Å². The van der Waals surface area contributed by atoms with Crippen molar-refractivity contribution in [2.75, 3.05) is 33.9 Å². The average molecular weight is 257 g/mol. The molecule has 18 heavy (non-hydrogen) atoms. The number of hydrogen-bond acceptors (Lipinski definition) is 4. The molecule has 4 heteroatoms. The van der Waals surface area contributed by atoms with Gasteiger partial charge in [0.1, 0.15) is 0 Å². The Morgan fingerprint density at radius 1 is 1.39 bits per heavy atom. The van der Waals surface area contributed by atoms with Crippen LogP contribution in [0.4, 0.5) is 0 Å². The molecule has 2 aliphatic rings. The normalized spacial score (nSPS) is 28.3. The molecule has 0 radical (unpaired) electrons. The highest BCUT2D eigenvalue weighted by atomic mass is 16.5. The lowest BCUT2D eigenvalue weighted by molar-refractivity contribution is -0.0495. The van der Waals surface area contributed by atoms with Gasteiger partial charge < -0.3 is 19.5 Å². The zero-order valence-electron chi connectivity index (χ0n) is 11.7. The molecule has 0 amide bonds. The summed E-state index contributed by atoms with van der Waals surface area (Å²) in [5.74, 6) is 0. The number of ether oxygens (including phenoxy) is 2. The fourth-order valence-electron chi connectivity index (χ4n) is 3.44. The van der Waals surface area contributed by atoms with Crippen molar-refractivity contribution in [3.05, 3.63) is 0 Å². The molecule has 4 nitrogen and oxygen atoms in total. The third-order valence-corrected chi connectivity index (χ3v) is 4.25. The van der Waals surface area contributed by atoms with E-state index in [1.54, 1.807) is 7.11 Å². The van der Waals surface area contributed by atoms with E-state index in [0.29, 0.717) is 19.3 Å². The summed E-state index contributed by atoms with van der Waals surface area (Å²) >= 11 is 0. The molecule has 1 spiro atoms. The Kier molecular flexibility index (Phi) is 5.01. The predicted molar refractivity (Wildman–Crippen MR) is 70.7 cm³/mol. The Bertz CT molecular complexity index is 253. The van der Waals surface area contributed by atoms with Crippen molar-refractivity contribution in [2.24, 2.45) is 0 Å². The lowest BCUT2D eigenvalue weighted by atomic mass is 9.98. The van der Waals surface area contributed by atoms with Gasteiger partial charge in [0, 0.05) is 20.2 Å². The van der Waals surface area contributed by atoms with Crippen LogP contribution in [0.5, 0.6) is 0 Å². The van der Waals surface area contributed by atoms with Crippen molar-refractivity contribution in [3.8, 4) is 0 Å². The first-order valence-corrected chi connectivity index (χ1v) is 7.17. The molecule has 0 aromatic carbocycles. The van der Waals surface area contributed by atoms with Gasteiger partial charge in [-0.15, -0.1) is 0 Å². The van der Waals surface area contributed by atoms with Gasteiger partial charge >= 0.3 is 0 Å². The quantitative estimate of drug-likeness (QED) is 0.781. The summed E-state index contributed by atoms with van der Waals surface area (Å²) in [4.78, 5) is 2.16. The maximum absolute atomic E-state index is 9.69. The summed E-state index contributed by atoms with van der Waals surface area (Å²) in [6, 6.07) is 0. The van der Waals surface area contributed by atoms with Crippen molar-refractivity contribution < 1.29 is 14.6 Å². The lowest BCUT2D eigenvalue weighted by Crippen LogP contribution is -2.37. The summed E-state index contributed by atoms with van der Waals surface area (Å²) in [6.07, 6.45) is 7.50. The largest absolute Gasteiger partial charge is 0.389 e. The van der Waals surface area contributed by atoms with Gasteiger partial charge in [-0.25, -0.2) is 0 Å². The maximum Gasteiger partial charge on any atom is 0.0899 e. The fourth-order valence-corrected chi connectivity index (χ4v) is 3.44. The van der Waals surface area contributed by atoms with Crippen molar-refractivity contribution in [2.45, 2.75) is 56.3 Å². The molecule has 1 N–H and O–H groups in total. The molecule has 2 rings (SSSR count). The first-order valence-electron chi connectivity index (χ1n) is 7.17. The van der Waals surface area contributed by atoms with Crippen LogP contribution in [0, 0.1) is 0 Å². The highest BCUT2D eigenvalue weighted by molar-refractivity contribution is 4.93. The van der Waals surface area contributed by atoms with Gasteiger partial charge in [0.05, 0.1) is 24.4 Å². The topological polar surface area (TPSA) is 41.9 Å². The standard InChI is InChI=1S/C14H27NO3/c1-15(9-12(16)11-17-2)10-13-5-8-14(18-13)6-3-4-7-14/h12-13,16H,3-11H2,1-2H3. The van der Waals surface area contributed by atoms with E-state index in [4.69, 9.17) is 9.47 Å². The third-order valence-electron chi connectivity index (χ3n) is 4.25. The molecule has 2 fully saturated rings. The second-order valence-corrected chi connectivity index (χ2v) is 6.00. The summed E-state index contributed by atoms with van der Waals surface area (Å²) in [5.41, 5.74) is 0.219. The Morgan fingerprint density at radius 3 is 2.78 bits per heavy atom. The molecule has 2 unspecified atom stereocenters. The van der Waals surface area contributed by atoms with Crippen LogP contribution in [-0.4, -0.2) is 61.7 Å². The summed E-state index contributed by atoms with van der Waals surface area (Å²) in [5, 5.41) is 9.69. The Hall–Kier alpha value is -0.160. The van der Waals surface area contributed by atoms with Crippen LogP contribution in [0.15, 0.2) is 0 Å². The monoisotopic (exact) mass is 257 g/mol. The Balaban J connectivity index is 1.70. The van der Waals surface area contributed by atoms with Gasteiger partial charge in [0.25, 0.3) is 0 Å². The summed E-state index contributed by atoms with van der Waals surface area (Å²) in [6.45, 7) is 1.98. The number of nitrogens with zero attached hydrogens (tertiary/aromatic N) is 1. The number of methoxy groups -OCH3 is 1. The van der Waals surface area contributed by atoms with Crippen LogP contribution in [0.3, 0.4) is 0 Å². The van der Waals surface area contributed by atoms with Crippen molar-refractivity contribution >= 4 is 0 Å². The van der Waals surface area contributed by atoms with Crippen LogP contribution < -0.4 is 0 Å². The highest BCUT2D eigenvalue weighted by Crippen LogP contribution is 2.43. The number of hydrogen-bond donors (Lipinski definition) is 1. The van der Waals surface area contributed by atoms with E-state index in [0.717, 1.165) is 6.54 Å². The minimum absolute atomic E-state index is 0.219. The number of likely N-dealkylation sites (N-methyl/N-ethyl adjacent to an activating group) is 1. The smallest absolute Gasteiger partial charge is 0.0899 e. The van der Waals surface area contributed by atoms with Crippen molar-refractivity contribution in [1.29, 1.82) is 0 Å². The SMILES string of the molecule is COCC(O)CN(C)CC1CCC2(CCCC2)O1. The van der Waals surface area contributed by atoms with E-state index in [9.17, 15) is 5.11 Å². The third kappa shape index (κ3) is 3.67. The van der Waals surface area contributed by atoms with E-state index in [2.05, 4.69) is 4.90 Å².